The first-order valence-electron chi connectivity index (χ1n) is 7.47. The lowest BCUT2D eigenvalue weighted by Gasteiger charge is -2.22. The molecule has 0 saturated carbocycles. The molecule has 5 nitrogen and oxygen atoms in total. The van der Waals surface area contributed by atoms with Crippen LogP contribution in [0.2, 0.25) is 0 Å². The molecule has 1 aromatic rings. The average molecular weight is 328 g/mol. The summed E-state index contributed by atoms with van der Waals surface area (Å²) in [6, 6.07) is 5.86. The predicted molar refractivity (Wildman–Crippen MR) is 82.6 cm³/mol. The Morgan fingerprint density at radius 2 is 1.91 bits per heavy atom. The second kappa shape index (κ2) is 7.19. The third-order valence-electron chi connectivity index (χ3n) is 3.70. The smallest absolute Gasteiger partial charge is 0.256 e. The number of carbonyl (C=O) groups is 1. The van der Waals surface area contributed by atoms with Gasteiger partial charge in [0.05, 0.1) is 11.3 Å². The highest BCUT2D eigenvalue weighted by Crippen LogP contribution is 2.14. The first kappa shape index (κ1) is 16.9. The largest absolute Gasteiger partial charge is 0.337 e. The predicted octanol–water partition coefficient (Wildman–Crippen LogP) is 1.71. The SMILES string of the molecule is CCCS(=O)(=O)N1CCCN(C(=O)c2ccccc2F)CC1. The highest BCUT2D eigenvalue weighted by molar-refractivity contribution is 7.89. The molecule has 122 valence electrons. The Balaban J connectivity index is 2.08. The van der Waals surface area contributed by atoms with Crippen molar-refractivity contribution < 1.29 is 17.6 Å². The third kappa shape index (κ3) is 3.84. The van der Waals surface area contributed by atoms with E-state index in [-0.39, 0.29) is 30.3 Å². The average Bonchev–Trinajstić information content (AvgIpc) is 2.73. The molecule has 0 aromatic heterocycles. The molecule has 1 aliphatic rings. The number of rotatable bonds is 4. The van der Waals surface area contributed by atoms with Crippen LogP contribution in [-0.2, 0) is 10.0 Å². The summed E-state index contributed by atoms with van der Waals surface area (Å²) in [4.78, 5) is 13.9. The number of hydrogen-bond acceptors (Lipinski definition) is 3. The molecule has 22 heavy (non-hydrogen) atoms. The van der Waals surface area contributed by atoms with E-state index in [9.17, 15) is 17.6 Å². The Hall–Kier alpha value is -1.47. The molecule has 1 saturated heterocycles. The summed E-state index contributed by atoms with van der Waals surface area (Å²) >= 11 is 0. The topological polar surface area (TPSA) is 57.7 Å². The molecule has 0 unspecified atom stereocenters. The Kier molecular flexibility index (Phi) is 5.52. The monoisotopic (exact) mass is 328 g/mol. The highest BCUT2D eigenvalue weighted by atomic mass is 32.2. The van der Waals surface area contributed by atoms with Crippen molar-refractivity contribution >= 4 is 15.9 Å². The van der Waals surface area contributed by atoms with Crippen LogP contribution in [0.3, 0.4) is 0 Å². The van der Waals surface area contributed by atoms with Crippen LogP contribution in [-0.4, -0.2) is 55.5 Å². The van der Waals surface area contributed by atoms with Crippen LogP contribution < -0.4 is 0 Å². The van der Waals surface area contributed by atoms with Gasteiger partial charge in [0, 0.05) is 26.2 Å². The van der Waals surface area contributed by atoms with Gasteiger partial charge in [0.1, 0.15) is 5.82 Å². The number of carbonyl (C=O) groups excluding carboxylic acids is 1. The fourth-order valence-corrected chi connectivity index (χ4v) is 4.11. The molecule has 0 radical (unpaired) electrons. The summed E-state index contributed by atoms with van der Waals surface area (Å²) in [7, 11) is -3.26. The number of halogens is 1. The molecule has 0 atom stereocenters. The summed E-state index contributed by atoms with van der Waals surface area (Å²) in [5.41, 5.74) is 0.0346. The Bertz CT molecular complexity index is 633. The molecule has 1 aliphatic heterocycles. The second-order valence-corrected chi connectivity index (χ2v) is 7.43. The number of hydrogen-bond donors (Lipinski definition) is 0. The van der Waals surface area contributed by atoms with E-state index in [1.54, 1.807) is 6.07 Å². The standard InChI is InChI=1S/C15H21FN2O3S/c1-2-12-22(20,21)18-9-5-8-17(10-11-18)15(19)13-6-3-4-7-14(13)16/h3-4,6-7H,2,5,8-12H2,1H3. The summed E-state index contributed by atoms with van der Waals surface area (Å²) in [5, 5.41) is 0. The zero-order valence-electron chi connectivity index (χ0n) is 12.7. The molecule has 7 heteroatoms. The van der Waals surface area contributed by atoms with Crippen molar-refractivity contribution in [3.63, 3.8) is 0 Å². The second-order valence-electron chi connectivity index (χ2n) is 5.34. The van der Waals surface area contributed by atoms with Gasteiger partial charge in [0.2, 0.25) is 10.0 Å². The maximum Gasteiger partial charge on any atom is 0.256 e. The van der Waals surface area contributed by atoms with Crippen LogP contribution in [0.15, 0.2) is 24.3 Å². The quantitative estimate of drug-likeness (QED) is 0.845. The van der Waals surface area contributed by atoms with E-state index in [0.717, 1.165) is 0 Å². The van der Waals surface area contributed by atoms with Gasteiger partial charge in [-0.15, -0.1) is 0 Å². The molecule has 0 aliphatic carbocycles. The molecule has 0 N–H and O–H groups in total. The van der Waals surface area contributed by atoms with Crippen LogP contribution in [0.1, 0.15) is 30.1 Å². The number of amides is 1. The van der Waals surface area contributed by atoms with Crippen LogP contribution in [0.5, 0.6) is 0 Å². The lowest BCUT2D eigenvalue weighted by atomic mass is 10.2. The highest BCUT2D eigenvalue weighted by Gasteiger charge is 2.27. The summed E-state index contributed by atoms with van der Waals surface area (Å²) in [6.07, 6.45) is 1.12. The zero-order chi connectivity index (χ0) is 16.2. The van der Waals surface area contributed by atoms with Gasteiger partial charge in [0.15, 0.2) is 0 Å². The van der Waals surface area contributed by atoms with Crippen molar-refractivity contribution in [3.8, 4) is 0 Å². The van der Waals surface area contributed by atoms with Crippen LogP contribution >= 0.6 is 0 Å². The van der Waals surface area contributed by atoms with E-state index in [2.05, 4.69) is 0 Å². The number of nitrogens with zero attached hydrogens (tertiary/aromatic N) is 2. The van der Waals surface area contributed by atoms with E-state index < -0.39 is 15.8 Å². The Labute approximate surface area is 130 Å². The lowest BCUT2D eigenvalue weighted by molar-refractivity contribution is 0.0759. The van der Waals surface area contributed by atoms with Gasteiger partial charge >= 0.3 is 0 Å². The molecule has 2 rings (SSSR count). The Morgan fingerprint density at radius 1 is 1.18 bits per heavy atom. The van der Waals surface area contributed by atoms with Crippen molar-refractivity contribution in [2.75, 3.05) is 31.9 Å². The van der Waals surface area contributed by atoms with E-state index in [1.165, 1.54) is 27.4 Å². The minimum atomic E-state index is -3.26. The Morgan fingerprint density at radius 3 is 2.59 bits per heavy atom. The fourth-order valence-electron chi connectivity index (χ4n) is 2.57. The van der Waals surface area contributed by atoms with Crippen LogP contribution in [0.25, 0.3) is 0 Å². The molecule has 1 heterocycles. The van der Waals surface area contributed by atoms with Gasteiger partial charge in [-0.3, -0.25) is 4.79 Å². The van der Waals surface area contributed by atoms with E-state index in [4.69, 9.17) is 0 Å². The van der Waals surface area contributed by atoms with Crippen LogP contribution in [0, 0.1) is 5.82 Å². The van der Waals surface area contributed by atoms with E-state index in [1.807, 2.05) is 6.92 Å². The first-order chi connectivity index (χ1) is 10.5. The summed E-state index contributed by atoms with van der Waals surface area (Å²) in [5.74, 6) is -0.811. The molecule has 0 spiro atoms. The lowest BCUT2D eigenvalue weighted by Crippen LogP contribution is -2.38. The van der Waals surface area contributed by atoms with Crippen molar-refractivity contribution in [2.24, 2.45) is 0 Å². The molecule has 1 aromatic carbocycles. The van der Waals surface area contributed by atoms with Gasteiger partial charge < -0.3 is 4.90 Å². The molecular weight excluding hydrogens is 307 g/mol. The maximum absolute atomic E-state index is 13.7. The van der Waals surface area contributed by atoms with E-state index in [0.29, 0.717) is 25.9 Å². The van der Waals surface area contributed by atoms with Gasteiger partial charge in [-0.1, -0.05) is 19.1 Å². The third-order valence-corrected chi connectivity index (χ3v) is 5.78. The number of sulfonamides is 1. The first-order valence-corrected chi connectivity index (χ1v) is 9.08. The number of benzene rings is 1. The molecule has 1 amide bonds. The minimum absolute atomic E-state index is 0.0346. The molecule has 0 bridgehead atoms. The summed E-state index contributed by atoms with van der Waals surface area (Å²) < 4.78 is 39.3. The van der Waals surface area contributed by atoms with Gasteiger partial charge in [0.25, 0.3) is 5.91 Å². The van der Waals surface area contributed by atoms with E-state index >= 15 is 0 Å². The van der Waals surface area contributed by atoms with Crippen molar-refractivity contribution in [2.45, 2.75) is 19.8 Å². The summed E-state index contributed by atoms with van der Waals surface area (Å²) in [6.45, 7) is 3.22. The van der Waals surface area contributed by atoms with Gasteiger partial charge in [-0.2, -0.15) is 0 Å². The maximum atomic E-state index is 13.7. The zero-order valence-corrected chi connectivity index (χ0v) is 13.5. The van der Waals surface area contributed by atoms with Crippen molar-refractivity contribution in [1.82, 2.24) is 9.21 Å². The van der Waals surface area contributed by atoms with Crippen LogP contribution in [0.4, 0.5) is 4.39 Å². The molecule has 1 fully saturated rings. The molecular formula is C15H21FN2O3S. The van der Waals surface area contributed by atoms with Crippen molar-refractivity contribution in [1.29, 1.82) is 0 Å². The normalized spacial score (nSPS) is 17.3. The van der Waals surface area contributed by atoms with Gasteiger partial charge in [-0.25, -0.2) is 17.1 Å². The minimum Gasteiger partial charge on any atom is -0.337 e. The van der Waals surface area contributed by atoms with Gasteiger partial charge in [-0.05, 0) is 25.0 Å². The fraction of sp³-hybridized carbons (Fsp3) is 0.533. The van der Waals surface area contributed by atoms with Crippen molar-refractivity contribution in [3.05, 3.63) is 35.6 Å².